The lowest BCUT2D eigenvalue weighted by molar-refractivity contribution is 0.410. The van der Waals surface area contributed by atoms with Crippen LogP contribution in [0.3, 0.4) is 0 Å². The van der Waals surface area contributed by atoms with E-state index in [1.54, 1.807) is 7.11 Å². The molecule has 0 radical (unpaired) electrons. The molecule has 1 rings (SSSR count). The standard InChI is InChI=1S/C13H15BrO.C2H6/c1-4-5-6-7-11-10(2)12(14)8-9-13(11)15-3;1-2/h4-5,7-9H,2,6H2,1,3H3;1-2H3/b5-4-,11-7+;. The second-order valence-electron chi connectivity index (χ2n) is 3.15. The second kappa shape index (κ2) is 9.06. The minimum atomic E-state index is 0.868. The maximum Gasteiger partial charge on any atom is 0.126 e. The summed E-state index contributed by atoms with van der Waals surface area (Å²) in [6.07, 6.45) is 7.14. The van der Waals surface area contributed by atoms with E-state index in [2.05, 4.69) is 34.7 Å². The van der Waals surface area contributed by atoms with Crippen molar-refractivity contribution in [1.29, 1.82) is 0 Å². The Labute approximate surface area is 113 Å². The Hall–Kier alpha value is -1.02. The summed E-state index contributed by atoms with van der Waals surface area (Å²) in [6.45, 7) is 10.0. The molecule has 0 aliphatic rings. The van der Waals surface area contributed by atoms with E-state index in [1.807, 2.05) is 39.0 Å². The third-order valence-corrected chi connectivity index (χ3v) is 2.92. The molecule has 0 saturated carbocycles. The van der Waals surface area contributed by atoms with Crippen LogP contribution in [0.2, 0.25) is 0 Å². The Morgan fingerprint density at radius 1 is 1.35 bits per heavy atom. The predicted octanol–water partition coefficient (Wildman–Crippen LogP) is 3.64. The summed E-state index contributed by atoms with van der Waals surface area (Å²) in [4.78, 5) is 0. The van der Waals surface area contributed by atoms with E-state index in [4.69, 9.17) is 4.74 Å². The number of methoxy groups -OCH3 is 1. The van der Waals surface area contributed by atoms with Crippen LogP contribution in [0.4, 0.5) is 0 Å². The van der Waals surface area contributed by atoms with Crippen LogP contribution in [0.5, 0.6) is 5.75 Å². The first-order chi connectivity index (χ1) is 8.20. The minimum absolute atomic E-state index is 0.868. The van der Waals surface area contributed by atoms with E-state index in [1.165, 1.54) is 0 Å². The van der Waals surface area contributed by atoms with E-state index < -0.39 is 0 Å². The molecule has 0 atom stereocenters. The van der Waals surface area contributed by atoms with E-state index in [-0.39, 0.29) is 0 Å². The molecule has 1 nitrogen and oxygen atoms in total. The van der Waals surface area contributed by atoms with Gasteiger partial charge in [0.1, 0.15) is 5.75 Å². The smallest absolute Gasteiger partial charge is 0.126 e. The zero-order valence-corrected chi connectivity index (χ0v) is 12.7. The van der Waals surface area contributed by atoms with Gasteiger partial charge >= 0.3 is 0 Å². The van der Waals surface area contributed by atoms with Crippen LogP contribution in [-0.4, -0.2) is 7.11 Å². The molecule has 1 aromatic rings. The van der Waals surface area contributed by atoms with Crippen molar-refractivity contribution in [3.05, 3.63) is 39.2 Å². The molecule has 0 aliphatic heterocycles. The Morgan fingerprint density at radius 3 is 2.53 bits per heavy atom. The molecule has 94 valence electrons. The zero-order chi connectivity index (χ0) is 13.3. The Kier molecular flexibility index (Phi) is 8.51. The van der Waals surface area contributed by atoms with Crippen LogP contribution in [0, 0.1) is 0 Å². The summed E-state index contributed by atoms with van der Waals surface area (Å²) in [5, 5.41) is 2.03. The molecule has 17 heavy (non-hydrogen) atoms. The molecule has 0 fully saturated rings. The van der Waals surface area contributed by atoms with Crippen molar-refractivity contribution in [1.82, 2.24) is 0 Å². The zero-order valence-electron chi connectivity index (χ0n) is 11.1. The summed E-state index contributed by atoms with van der Waals surface area (Å²) in [5.41, 5.74) is 0. The fourth-order valence-corrected chi connectivity index (χ4v) is 1.69. The quantitative estimate of drug-likeness (QED) is 0.774. The number of benzene rings is 1. The van der Waals surface area contributed by atoms with Crippen molar-refractivity contribution >= 4 is 28.6 Å². The van der Waals surface area contributed by atoms with Crippen LogP contribution in [0.25, 0.3) is 12.7 Å². The predicted molar refractivity (Wildman–Crippen MR) is 80.7 cm³/mol. The van der Waals surface area contributed by atoms with Gasteiger partial charge in [-0.3, -0.25) is 0 Å². The van der Waals surface area contributed by atoms with Crippen molar-refractivity contribution in [2.75, 3.05) is 7.11 Å². The summed E-state index contributed by atoms with van der Waals surface area (Å²) in [7, 11) is 1.68. The van der Waals surface area contributed by atoms with Gasteiger partial charge in [0.25, 0.3) is 0 Å². The van der Waals surface area contributed by atoms with E-state index >= 15 is 0 Å². The third-order valence-electron chi connectivity index (χ3n) is 2.17. The molecule has 0 heterocycles. The second-order valence-corrected chi connectivity index (χ2v) is 4.01. The van der Waals surface area contributed by atoms with Crippen molar-refractivity contribution in [2.45, 2.75) is 27.2 Å². The van der Waals surface area contributed by atoms with Crippen molar-refractivity contribution in [3.8, 4) is 5.75 Å². The number of ether oxygens (including phenoxy) is 1. The highest BCUT2D eigenvalue weighted by atomic mass is 79.9. The van der Waals surface area contributed by atoms with Crippen LogP contribution in [0.1, 0.15) is 27.2 Å². The molecule has 1 aromatic carbocycles. The van der Waals surface area contributed by atoms with Crippen LogP contribution < -0.4 is 15.2 Å². The number of hydrogen-bond donors (Lipinski definition) is 0. The highest BCUT2D eigenvalue weighted by Gasteiger charge is 1.97. The summed E-state index contributed by atoms with van der Waals surface area (Å²) < 4.78 is 6.30. The Balaban J connectivity index is 0.00000121. The van der Waals surface area contributed by atoms with Crippen molar-refractivity contribution in [2.24, 2.45) is 0 Å². The normalized spacial score (nSPS) is 11.2. The summed E-state index contributed by atoms with van der Waals surface area (Å²) >= 11 is 3.46. The lowest BCUT2D eigenvalue weighted by atomic mass is 10.2. The number of rotatable bonds is 3. The molecule has 0 aromatic heterocycles. The maximum atomic E-state index is 5.30. The fourth-order valence-electron chi connectivity index (χ4n) is 1.34. The van der Waals surface area contributed by atoms with Gasteiger partial charge in [-0.05, 0) is 30.7 Å². The van der Waals surface area contributed by atoms with Gasteiger partial charge in [-0.15, -0.1) is 0 Å². The van der Waals surface area contributed by atoms with Crippen LogP contribution >= 0.6 is 15.9 Å². The molecule has 0 N–H and O–H groups in total. The first-order valence-electron chi connectivity index (χ1n) is 5.83. The van der Waals surface area contributed by atoms with Gasteiger partial charge in [-0.1, -0.05) is 54.6 Å². The van der Waals surface area contributed by atoms with Gasteiger partial charge < -0.3 is 4.74 Å². The maximum absolute atomic E-state index is 5.30. The lowest BCUT2D eigenvalue weighted by Gasteiger charge is -2.02. The number of allylic oxidation sites excluding steroid dienone is 2. The average molecular weight is 297 g/mol. The fraction of sp³-hybridized carbons (Fsp3) is 0.333. The van der Waals surface area contributed by atoms with E-state index in [9.17, 15) is 0 Å². The van der Waals surface area contributed by atoms with Gasteiger partial charge in [-0.2, -0.15) is 0 Å². The molecule has 0 aliphatic carbocycles. The monoisotopic (exact) mass is 296 g/mol. The van der Waals surface area contributed by atoms with Crippen LogP contribution in [-0.2, 0) is 0 Å². The molecule has 0 amide bonds. The first kappa shape index (κ1) is 16.0. The Morgan fingerprint density at radius 2 is 2.00 bits per heavy atom. The SMILES string of the molecule is C=c1c(Br)ccc(OC)/c1=C/C/C=C\C.CC. The van der Waals surface area contributed by atoms with Crippen LogP contribution in [0.15, 0.2) is 28.8 Å². The molecule has 0 saturated heterocycles. The van der Waals surface area contributed by atoms with E-state index in [0.717, 1.165) is 27.1 Å². The highest BCUT2D eigenvalue weighted by molar-refractivity contribution is 9.10. The van der Waals surface area contributed by atoms with Gasteiger partial charge in [0.2, 0.25) is 0 Å². The number of hydrogen-bond acceptors (Lipinski definition) is 1. The first-order valence-corrected chi connectivity index (χ1v) is 6.62. The number of halogens is 1. The van der Waals surface area contributed by atoms with Gasteiger partial charge in [0, 0.05) is 9.69 Å². The third kappa shape index (κ3) is 4.78. The molecule has 0 spiro atoms. The largest absolute Gasteiger partial charge is 0.496 e. The summed E-state index contributed by atoms with van der Waals surface area (Å²) in [5.74, 6) is 0.868. The summed E-state index contributed by atoms with van der Waals surface area (Å²) in [6, 6.07) is 3.90. The molecule has 0 bridgehead atoms. The van der Waals surface area contributed by atoms with Gasteiger partial charge in [-0.25, -0.2) is 0 Å². The molecule has 0 unspecified atom stereocenters. The lowest BCUT2D eigenvalue weighted by Crippen LogP contribution is -2.26. The van der Waals surface area contributed by atoms with Gasteiger partial charge in [0.05, 0.1) is 7.11 Å². The van der Waals surface area contributed by atoms with Gasteiger partial charge in [0.15, 0.2) is 0 Å². The molecular formula is C15H21BrO. The topological polar surface area (TPSA) is 9.23 Å². The molecular weight excluding hydrogens is 276 g/mol. The highest BCUT2D eigenvalue weighted by Crippen LogP contribution is 2.06. The van der Waals surface area contributed by atoms with Crippen molar-refractivity contribution in [3.63, 3.8) is 0 Å². The van der Waals surface area contributed by atoms with E-state index in [0.29, 0.717) is 0 Å². The average Bonchev–Trinajstić information content (AvgIpc) is 2.37. The minimum Gasteiger partial charge on any atom is -0.496 e. The Bertz CT molecular complexity index is 461. The molecule has 2 heteroatoms. The van der Waals surface area contributed by atoms with Crippen molar-refractivity contribution < 1.29 is 4.74 Å².